The zero-order valence-corrected chi connectivity index (χ0v) is 13.4. The average Bonchev–Trinajstić information content (AvgIpc) is 2.46. The minimum atomic E-state index is -4.35. The van der Waals surface area contributed by atoms with Gasteiger partial charge in [-0.1, -0.05) is 18.9 Å². The molecule has 1 fully saturated rings. The molecule has 2 rings (SSSR count). The minimum Gasteiger partial charge on any atom is -0.349 e. The van der Waals surface area contributed by atoms with Crippen LogP contribution in [0.5, 0.6) is 0 Å². The first-order valence-electron chi connectivity index (χ1n) is 7.27. The van der Waals surface area contributed by atoms with Crippen molar-refractivity contribution in [3.8, 4) is 0 Å². The molecule has 1 aliphatic rings. The Morgan fingerprint density at radius 1 is 1.22 bits per heavy atom. The lowest BCUT2D eigenvalue weighted by Crippen LogP contribution is -2.47. The number of rotatable bonds is 3. The Balaban J connectivity index is 2.18. The molecular weight excluding hydrogens is 331 g/mol. The number of hydrogen-bond acceptors (Lipinski definition) is 3. The van der Waals surface area contributed by atoms with Crippen LogP contribution in [0.2, 0.25) is 0 Å². The van der Waals surface area contributed by atoms with Gasteiger partial charge in [0.15, 0.2) is 9.84 Å². The third-order valence-electron chi connectivity index (χ3n) is 4.03. The van der Waals surface area contributed by atoms with Gasteiger partial charge >= 0.3 is 6.18 Å². The smallest absolute Gasteiger partial charge is 0.349 e. The number of alkyl halides is 3. The van der Waals surface area contributed by atoms with Crippen LogP contribution in [0.1, 0.15) is 36.0 Å². The third-order valence-corrected chi connectivity index (χ3v) is 5.14. The quantitative estimate of drug-likeness (QED) is 0.913. The summed E-state index contributed by atoms with van der Waals surface area (Å²) in [5, 5.41) is 2.42. The molecule has 0 saturated heterocycles. The fourth-order valence-corrected chi connectivity index (χ4v) is 3.48. The number of hydrogen-bond donors (Lipinski definition) is 1. The first kappa shape index (κ1) is 17.8. The van der Waals surface area contributed by atoms with Gasteiger partial charge in [0.1, 0.15) is 0 Å². The van der Waals surface area contributed by atoms with Crippen molar-refractivity contribution >= 4 is 15.7 Å². The Labute approximate surface area is 133 Å². The van der Waals surface area contributed by atoms with Crippen molar-refractivity contribution in [3.63, 3.8) is 0 Å². The summed E-state index contributed by atoms with van der Waals surface area (Å²) in [6.45, 7) is 0. The van der Waals surface area contributed by atoms with Crippen LogP contribution in [0.15, 0.2) is 29.2 Å². The normalized spacial score (nSPS) is 22.6. The van der Waals surface area contributed by atoms with Gasteiger partial charge < -0.3 is 5.32 Å². The molecule has 0 unspecified atom stereocenters. The maximum Gasteiger partial charge on any atom is 0.393 e. The summed E-state index contributed by atoms with van der Waals surface area (Å²) in [5.74, 6) is -2.24. The number of nitrogens with one attached hydrogen (secondary N) is 1. The van der Waals surface area contributed by atoms with Gasteiger partial charge in [-0.15, -0.1) is 0 Å². The Bertz CT molecular complexity index is 685. The van der Waals surface area contributed by atoms with Crippen molar-refractivity contribution in [2.45, 2.75) is 42.8 Å². The van der Waals surface area contributed by atoms with E-state index < -0.39 is 33.9 Å². The molecule has 1 saturated carbocycles. The number of benzene rings is 1. The molecule has 2 atom stereocenters. The Morgan fingerprint density at radius 2 is 1.87 bits per heavy atom. The first-order valence-corrected chi connectivity index (χ1v) is 9.16. The lowest BCUT2D eigenvalue weighted by molar-refractivity contribution is -0.187. The molecule has 0 aromatic heterocycles. The zero-order chi connectivity index (χ0) is 17.3. The van der Waals surface area contributed by atoms with Crippen LogP contribution in [-0.4, -0.2) is 32.8 Å². The molecule has 1 amide bonds. The second-order valence-electron chi connectivity index (χ2n) is 5.81. The van der Waals surface area contributed by atoms with Crippen molar-refractivity contribution in [2.24, 2.45) is 5.92 Å². The maximum atomic E-state index is 13.0. The molecule has 4 nitrogen and oxygen atoms in total. The van der Waals surface area contributed by atoms with E-state index in [0.29, 0.717) is 12.8 Å². The van der Waals surface area contributed by atoms with E-state index in [1.54, 1.807) is 0 Å². The summed E-state index contributed by atoms with van der Waals surface area (Å²) in [7, 11) is -3.49. The molecule has 1 aromatic carbocycles. The van der Waals surface area contributed by atoms with Crippen LogP contribution in [0, 0.1) is 5.92 Å². The summed E-state index contributed by atoms with van der Waals surface area (Å²) in [5.41, 5.74) is 0.0411. The van der Waals surface area contributed by atoms with Crippen LogP contribution in [0.4, 0.5) is 13.2 Å². The second-order valence-corrected chi connectivity index (χ2v) is 7.83. The Morgan fingerprint density at radius 3 is 2.48 bits per heavy atom. The monoisotopic (exact) mass is 349 g/mol. The highest BCUT2D eigenvalue weighted by Gasteiger charge is 2.46. The summed E-state index contributed by atoms with van der Waals surface area (Å²) < 4.78 is 62.1. The van der Waals surface area contributed by atoms with Crippen LogP contribution >= 0.6 is 0 Å². The van der Waals surface area contributed by atoms with E-state index in [1.165, 1.54) is 24.3 Å². The highest BCUT2D eigenvalue weighted by atomic mass is 32.2. The van der Waals surface area contributed by atoms with Gasteiger partial charge in [-0.3, -0.25) is 4.79 Å². The van der Waals surface area contributed by atoms with Crippen molar-refractivity contribution < 1.29 is 26.4 Å². The van der Waals surface area contributed by atoms with E-state index in [2.05, 4.69) is 5.32 Å². The number of sulfone groups is 1. The van der Waals surface area contributed by atoms with Crippen molar-refractivity contribution in [1.29, 1.82) is 0 Å². The van der Waals surface area contributed by atoms with E-state index in [9.17, 15) is 26.4 Å². The average molecular weight is 349 g/mol. The summed E-state index contributed by atoms with van der Waals surface area (Å²) in [6.07, 6.45) is -1.97. The van der Waals surface area contributed by atoms with Crippen LogP contribution in [0.3, 0.4) is 0 Å². The third kappa shape index (κ3) is 4.46. The summed E-state index contributed by atoms with van der Waals surface area (Å²) in [4.78, 5) is 12.2. The molecule has 128 valence electrons. The highest BCUT2D eigenvalue weighted by molar-refractivity contribution is 7.90. The summed E-state index contributed by atoms with van der Waals surface area (Å²) >= 11 is 0. The van der Waals surface area contributed by atoms with E-state index in [0.717, 1.165) is 6.26 Å². The van der Waals surface area contributed by atoms with Gasteiger partial charge in [0.2, 0.25) is 0 Å². The van der Waals surface area contributed by atoms with Crippen molar-refractivity contribution in [1.82, 2.24) is 5.32 Å². The fourth-order valence-electron chi connectivity index (χ4n) is 2.82. The maximum absolute atomic E-state index is 13.0. The highest BCUT2D eigenvalue weighted by Crippen LogP contribution is 2.37. The van der Waals surface area contributed by atoms with Crippen LogP contribution in [-0.2, 0) is 9.84 Å². The molecule has 0 heterocycles. The number of halogens is 3. The van der Waals surface area contributed by atoms with E-state index in [4.69, 9.17) is 0 Å². The van der Waals surface area contributed by atoms with Gasteiger partial charge in [-0.25, -0.2) is 8.42 Å². The SMILES string of the molecule is CS(=O)(=O)c1cccc(C(=O)N[C@@H]2CCCC[C@@H]2C(F)(F)F)c1. The number of carbonyl (C=O) groups excluding carboxylic acids is 1. The number of carbonyl (C=O) groups is 1. The fraction of sp³-hybridized carbons (Fsp3) is 0.533. The number of amides is 1. The van der Waals surface area contributed by atoms with Crippen molar-refractivity contribution in [3.05, 3.63) is 29.8 Å². The molecular formula is C15H18F3NO3S. The first-order chi connectivity index (χ1) is 10.6. The zero-order valence-electron chi connectivity index (χ0n) is 12.6. The topological polar surface area (TPSA) is 63.2 Å². The molecule has 0 spiro atoms. The van der Waals surface area contributed by atoms with Gasteiger partial charge in [-0.05, 0) is 31.0 Å². The molecule has 0 radical (unpaired) electrons. The molecule has 1 aliphatic carbocycles. The standard InChI is InChI=1S/C15H18F3NO3S/c1-23(21,22)11-6-4-5-10(9-11)14(20)19-13-8-3-2-7-12(13)15(16,17)18/h4-6,9,12-13H,2-3,7-8H2,1H3,(H,19,20)/t12-,13+/m0/s1. The van der Waals surface area contributed by atoms with Gasteiger partial charge in [0.25, 0.3) is 5.91 Å². The lowest BCUT2D eigenvalue weighted by atomic mass is 9.84. The van der Waals surface area contributed by atoms with Gasteiger partial charge in [0.05, 0.1) is 10.8 Å². The van der Waals surface area contributed by atoms with E-state index >= 15 is 0 Å². The molecule has 8 heteroatoms. The Kier molecular flexibility index (Phi) is 5.03. The largest absolute Gasteiger partial charge is 0.393 e. The predicted octanol–water partition coefficient (Wildman–Crippen LogP) is 2.94. The van der Waals surface area contributed by atoms with Gasteiger partial charge in [0, 0.05) is 17.9 Å². The van der Waals surface area contributed by atoms with Gasteiger partial charge in [-0.2, -0.15) is 13.2 Å². The van der Waals surface area contributed by atoms with Crippen molar-refractivity contribution in [2.75, 3.05) is 6.26 Å². The van der Waals surface area contributed by atoms with E-state index in [1.807, 2.05) is 0 Å². The molecule has 23 heavy (non-hydrogen) atoms. The molecule has 1 aromatic rings. The minimum absolute atomic E-state index is 0.00216. The predicted molar refractivity (Wildman–Crippen MR) is 78.8 cm³/mol. The summed E-state index contributed by atoms with van der Waals surface area (Å²) in [6, 6.07) is 4.32. The van der Waals surface area contributed by atoms with Crippen LogP contribution < -0.4 is 5.32 Å². The molecule has 0 bridgehead atoms. The van der Waals surface area contributed by atoms with E-state index in [-0.39, 0.29) is 23.3 Å². The Hall–Kier alpha value is -1.57. The molecule has 0 aliphatic heterocycles. The second kappa shape index (κ2) is 6.51. The lowest BCUT2D eigenvalue weighted by Gasteiger charge is -2.33. The molecule has 1 N–H and O–H groups in total. The van der Waals surface area contributed by atoms with Crippen LogP contribution in [0.25, 0.3) is 0 Å².